The normalized spacial score (nSPS) is 12.6. The van der Waals surface area contributed by atoms with Crippen LogP contribution in [0.25, 0.3) is 24.3 Å². The second kappa shape index (κ2) is 50.5. The molecule has 0 aromatic heterocycles. The Morgan fingerprint density at radius 2 is 0.862 bits per heavy atom. The molecule has 0 fully saturated rings. The van der Waals surface area contributed by atoms with Gasteiger partial charge >= 0.3 is 0 Å². The molecule has 0 atom stereocenters. The number of rotatable bonds is 11. The van der Waals surface area contributed by atoms with E-state index in [9.17, 15) is 14.4 Å². The summed E-state index contributed by atoms with van der Waals surface area (Å²) in [4.78, 5) is 32.8. The van der Waals surface area contributed by atoms with Gasteiger partial charge in [0, 0.05) is 71.9 Å². The maximum atomic E-state index is 11.4. The number of hydrogen-bond donors (Lipinski definition) is 2. The molecule has 5 aromatic rings. The first-order valence-corrected chi connectivity index (χ1v) is 26.4. The van der Waals surface area contributed by atoms with Crippen LogP contribution in [-0.2, 0) is 53.8 Å². The van der Waals surface area contributed by atoms with Crippen LogP contribution in [0.3, 0.4) is 0 Å². The van der Waals surface area contributed by atoms with Crippen molar-refractivity contribution >= 4 is 42.4 Å². The molecule has 0 aliphatic heterocycles. The number of nitriles is 1. The number of aldehydes is 1. The van der Waals surface area contributed by atoms with Crippen molar-refractivity contribution in [1.29, 1.82) is 5.26 Å². The smallest absolute Gasteiger partial charge is 0.248 e. The molecule has 1 radical (unpaired) electrons. The van der Waals surface area contributed by atoms with Crippen molar-refractivity contribution in [2.75, 3.05) is 7.05 Å². The van der Waals surface area contributed by atoms with Gasteiger partial charge < -0.3 is 11.1 Å². The molecule has 5 aliphatic rings. The van der Waals surface area contributed by atoms with E-state index in [0.717, 1.165) is 63.6 Å². The number of nitrogens with two attached hydrogens (primary N) is 1. The third-order valence-corrected chi connectivity index (χ3v) is 13.4. The summed E-state index contributed by atoms with van der Waals surface area (Å²) in [5.74, 6) is -0.441. The van der Waals surface area contributed by atoms with Crippen molar-refractivity contribution in [3.63, 3.8) is 0 Å². The van der Waals surface area contributed by atoms with Crippen LogP contribution in [0.4, 0.5) is 0 Å². The maximum Gasteiger partial charge on any atom is 0.248 e. The molecule has 0 saturated carbocycles. The Labute approximate surface area is 572 Å². The Morgan fingerprint density at radius 1 is 0.506 bits per heavy atom. The number of carbonyl (C=O) groups excluding carboxylic acids is 3. The average molecular weight is 1420 g/mol. The van der Waals surface area contributed by atoms with E-state index in [1.807, 2.05) is 87.5 Å². The third kappa shape index (κ3) is 33.5. The quantitative estimate of drug-likeness (QED) is 0.101. The number of nitrogens with one attached hydrogen (secondary N) is 1. The Morgan fingerprint density at radius 3 is 1.21 bits per heavy atom. The van der Waals surface area contributed by atoms with Crippen LogP contribution in [0.15, 0.2) is 174 Å². The van der Waals surface area contributed by atoms with Crippen LogP contribution < -0.4 is 11.1 Å². The molecule has 0 heterocycles. The van der Waals surface area contributed by atoms with Gasteiger partial charge in [-0.2, -0.15) is 5.26 Å². The van der Waals surface area contributed by atoms with Gasteiger partial charge in [0.15, 0.2) is 0 Å². The zero-order chi connectivity index (χ0) is 54.8. The first-order chi connectivity index (χ1) is 36.6. The van der Waals surface area contributed by atoms with E-state index in [0.29, 0.717) is 11.1 Å². The third-order valence-electron chi connectivity index (χ3n) is 13.4. The molecule has 3 N–H and O–H groups in total. The van der Waals surface area contributed by atoms with E-state index in [-0.39, 0.29) is 132 Å². The van der Waals surface area contributed by atoms with Gasteiger partial charge in [-0.15, -0.1) is 48.4 Å². The zero-order valence-corrected chi connectivity index (χ0v) is 52.5. The minimum absolute atomic E-state index is 0. The van der Waals surface area contributed by atoms with Gasteiger partial charge in [0.05, 0.1) is 11.6 Å². The van der Waals surface area contributed by atoms with E-state index >= 15 is 0 Å². The van der Waals surface area contributed by atoms with Gasteiger partial charge in [-0.25, -0.2) is 18.6 Å². The summed E-state index contributed by atoms with van der Waals surface area (Å²) in [7, 11) is 1.63. The van der Waals surface area contributed by atoms with Gasteiger partial charge in [0.2, 0.25) is 11.8 Å². The number of carbonyl (C=O) groups is 3. The Hall–Kier alpha value is -6.48. The van der Waals surface area contributed by atoms with Crippen molar-refractivity contribution in [3.8, 4) is 6.07 Å². The monoisotopic (exact) mass is 1420 g/mol. The molecule has 87 heavy (non-hydrogen) atoms. The summed E-state index contributed by atoms with van der Waals surface area (Å²) >= 11 is 0. The van der Waals surface area contributed by atoms with Crippen LogP contribution in [-0.4, -0.2) is 25.1 Å². The van der Waals surface area contributed by atoms with Crippen molar-refractivity contribution in [1.82, 2.24) is 5.32 Å². The fourth-order valence-electron chi connectivity index (χ4n) is 7.54. The van der Waals surface area contributed by atoms with E-state index in [4.69, 9.17) is 11.0 Å². The zero-order valence-electron chi connectivity index (χ0n) is 46.8. The standard InChI is InChI=1S/C14H14NO.C14H15NO.C14H13N.C14H16.C9H10O.C5H7.9CH4.W.Y/c1-15-14(16)13-7-3-6-12(10-13)9-8-11-4-2-5-11;1-10-5-7-13(14(15)16)9-12(10)8-6-11-3-2-4-11;1-11-5-6-13(10-15)9-14(11)8-7-12-3-2-4-12;1-11-6-7-12(2)14(10-11)9-8-13-4-3-5-13;1-7-3-4-8(2)9(5-7)6-10;1-5-3-2-4-5;;;;;;;;;;;/h3-4,7-10H,2,5H2,1H3,(H,15,16);3,5-9H,2,4H2,1H3,(H2,15,16);3,5-9H,2,4H2,1H3;4,6-10H,3,5H2,1-2H3;3-6H,1-2H3;3H,1-2,4H2;9*1H4;;/q-1;;;;;-1;;;;;;;;;;;/b9-8+;8-6+;8-7+;9-8+;;;;;;;;;;;;;. The minimum Gasteiger partial charge on any atom is -0.366 e. The van der Waals surface area contributed by atoms with Crippen LogP contribution in [0.2, 0.25) is 0 Å². The van der Waals surface area contributed by atoms with Gasteiger partial charge in [0.25, 0.3) is 0 Å². The molecule has 471 valence electrons. The van der Waals surface area contributed by atoms with Crippen molar-refractivity contribution < 1.29 is 68.2 Å². The van der Waals surface area contributed by atoms with Gasteiger partial charge in [-0.1, -0.05) is 210 Å². The molecule has 0 unspecified atom stereocenters. The minimum atomic E-state index is -0.377. The predicted octanol–water partition coefficient (Wildman–Crippen LogP) is 22.4. The number of amides is 2. The van der Waals surface area contributed by atoms with Gasteiger partial charge in [-0.05, 0) is 168 Å². The van der Waals surface area contributed by atoms with Gasteiger partial charge in [0.1, 0.15) is 6.29 Å². The number of primary amides is 1. The molecular weight excluding hydrogens is 1310 g/mol. The van der Waals surface area contributed by atoms with Crippen LogP contribution in [0, 0.1) is 65.9 Å². The Kier molecular flexibility index (Phi) is 54.7. The number of benzene rings is 5. The Bertz CT molecular complexity index is 3190. The molecule has 2 amide bonds. The van der Waals surface area contributed by atoms with E-state index in [2.05, 4.69) is 130 Å². The van der Waals surface area contributed by atoms with E-state index in [1.165, 1.54) is 101 Å². The fourth-order valence-corrected chi connectivity index (χ4v) is 7.54. The summed E-state index contributed by atoms with van der Waals surface area (Å²) in [6.07, 6.45) is 41.0. The van der Waals surface area contributed by atoms with E-state index in [1.54, 1.807) is 25.2 Å². The number of hydrogen-bond acceptors (Lipinski definition) is 4. The second-order valence-electron chi connectivity index (χ2n) is 19.6. The fraction of sp³-hybridized carbons (Fsp3) is 0.329. The molecule has 8 heteroatoms. The molecule has 6 nitrogen and oxygen atoms in total. The average Bonchev–Trinajstić information content (AvgIpc) is 3.46. The largest absolute Gasteiger partial charge is 0.366 e. The topological polar surface area (TPSA) is 113 Å². The van der Waals surface area contributed by atoms with Crippen molar-refractivity contribution in [3.05, 3.63) is 264 Å². The summed E-state index contributed by atoms with van der Waals surface area (Å²) in [5, 5.41) is 11.4. The SMILES string of the molecule is C.C.C.C.C.C.C.C.C.CNC(=O)c1cc[c-]c(/C=C/C2=CCC2)c1.Cc1ccc(C#N)cc1/C=C/C1=CCC1.Cc1ccc(C(N)=O)cc1/C=C/C1=CCC1.Cc1ccc(C)c(/C=C/C2=CCC2)c1.Cc1ccc(C)c(C=O)c1.[CH2-]C1=CCC1.[W].[Y]. The first-order valence-electron chi connectivity index (χ1n) is 26.4. The summed E-state index contributed by atoms with van der Waals surface area (Å²) < 4.78 is 0. The molecule has 0 spiro atoms. The van der Waals surface area contributed by atoms with Gasteiger partial charge in [-0.3, -0.25) is 14.4 Å². The summed E-state index contributed by atoms with van der Waals surface area (Å²) in [6.45, 7) is 16.0. The first kappa shape index (κ1) is 94.2. The number of nitrogens with zero attached hydrogens (tertiary/aromatic N) is 1. The summed E-state index contributed by atoms with van der Waals surface area (Å²) in [5.41, 5.74) is 26.6. The van der Waals surface area contributed by atoms with Crippen molar-refractivity contribution in [2.45, 2.75) is 173 Å². The second-order valence-corrected chi connectivity index (χ2v) is 19.6. The van der Waals surface area contributed by atoms with Crippen LogP contribution in [0.1, 0.15) is 223 Å². The van der Waals surface area contributed by atoms with Crippen LogP contribution >= 0.6 is 0 Å². The number of aryl methyl sites for hydroxylation is 6. The molecule has 0 saturated heterocycles. The molecule has 5 aliphatic carbocycles. The molecule has 0 bridgehead atoms. The Balaban J connectivity index is -0.000000176. The number of allylic oxidation sites excluding steroid dienone is 14. The molecule has 10 rings (SSSR count). The maximum absolute atomic E-state index is 11.4. The molecular formula is C79H111N3O3WY-2. The molecule has 5 aromatic carbocycles. The summed E-state index contributed by atoms with van der Waals surface area (Å²) in [6, 6.07) is 34.4. The van der Waals surface area contributed by atoms with Crippen LogP contribution in [0.5, 0.6) is 0 Å². The van der Waals surface area contributed by atoms with Crippen molar-refractivity contribution in [2.24, 2.45) is 5.73 Å². The predicted molar refractivity (Wildman–Crippen MR) is 380 cm³/mol. The van der Waals surface area contributed by atoms with E-state index < -0.39 is 0 Å².